The van der Waals surface area contributed by atoms with Gasteiger partial charge in [-0.25, -0.2) is 8.42 Å². The molecule has 0 saturated heterocycles. The zero-order valence-electron chi connectivity index (χ0n) is 7.78. The van der Waals surface area contributed by atoms with Crippen molar-refractivity contribution >= 4 is 15.8 Å². The van der Waals surface area contributed by atoms with E-state index < -0.39 is 15.8 Å². The van der Waals surface area contributed by atoms with Crippen molar-refractivity contribution in [2.75, 3.05) is 18.6 Å². The van der Waals surface area contributed by atoms with E-state index in [1.807, 2.05) is 0 Å². The lowest BCUT2D eigenvalue weighted by Gasteiger charge is -2.10. The topological polar surface area (TPSA) is 83.5 Å². The first-order valence-corrected chi connectivity index (χ1v) is 6.00. The fraction of sp³-hybridized carbons (Fsp3) is 0.857. The maximum Gasteiger partial charge on any atom is 0.304 e. The van der Waals surface area contributed by atoms with Gasteiger partial charge >= 0.3 is 5.97 Å². The van der Waals surface area contributed by atoms with E-state index in [1.165, 1.54) is 0 Å². The predicted molar refractivity (Wildman–Crippen MR) is 49.4 cm³/mol. The summed E-state index contributed by atoms with van der Waals surface area (Å²) in [5.41, 5.74) is 0. The molecule has 0 aliphatic heterocycles. The van der Waals surface area contributed by atoms with E-state index in [9.17, 15) is 13.2 Å². The molecule has 0 heterocycles. The summed E-state index contributed by atoms with van der Waals surface area (Å²) < 4.78 is 21.6. The van der Waals surface area contributed by atoms with Crippen molar-refractivity contribution < 1.29 is 18.3 Å². The Morgan fingerprint density at radius 3 is 2.46 bits per heavy atom. The van der Waals surface area contributed by atoms with E-state index in [0.29, 0.717) is 6.54 Å². The Balaban J connectivity index is 3.64. The van der Waals surface area contributed by atoms with Crippen LogP contribution in [-0.4, -0.2) is 44.1 Å². The van der Waals surface area contributed by atoms with Gasteiger partial charge in [0.25, 0.3) is 0 Å². The fourth-order valence-electron chi connectivity index (χ4n) is 0.939. The Morgan fingerprint density at radius 1 is 1.54 bits per heavy atom. The highest BCUT2D eigenvalue weighted by molar-refractivity contribution is 7.90. The summed E-state index contributed by atoms with van der Waals surface area (Å²) in [5, 5.41) is 11.1. The first-order chi connectivity index (χ1) is 5.81. The summed E-state index contributed by atoms with van der Waals surface area (Å²) in [6.45, 7) is 2.01. The molecule has 0 aromatic rings. The highest BCUT2D eigenvalue weighted by Gasteiger charge is 2.09. The first kappa shape index (κ1) is 12.4. The molecule has 0 radical (unpaired) electrons. The number of sulfone groups is 1. The standard InChI is InChI=1S/C7H15NO4S/c1-6(5-13(2,11)12)8-4-3-7(9)10/h6,8H,3-5H2,1-2H3,(H,9,10). The van der Waals surface area contributed by atoms with Gasteiger partial charge in [-0.3, -0.25) is 4.79 Å². The van der Waals surface area contributed by atoms with Crippen LogP contribution in [0.2, 0.25) is 0 Å². The van der Waals surface area contributed by atoms with Crippen molar-refractivity contribution in [1.29, 1.82) is 0 Å². The van der Waals surface area contributed by atoms with Gasteiger partial charge in [0.15, 0.2) is 0 Å². The minimum Gasteiger partial charge on any atom is -0.481 e. The quantitative estimate of drug-likeness (QED) is 0.615. The monoisotopic (exact) mass is 209 g/mol. The molecule has 1 atom stereocenters. The summed E-state index contributed by atoms with van der Waals surface area (Å²) in [5.74, 6) is -0.855. The van der Waals surface area contributed by atoms with E-state index >= 15 is 0 Å². The molecule has 6 heteroatoms. The number of hydrogen-bond donors (Lipinski definition) is 2. The van der Waals surface area contributed by atoms with Gasteiger partial charge in [0.1, 0.15) is 9.84 Å². The molecule has 5 nitrogen and oxygen atoms in total. The molecule has 2 N–H and O–H groups in total. The van der Waals surface area contributed by atoms with Gasteiger partial charge < -0.3 is 10.4 Å². The largest absolute Gasteiger partial charge is 0.481 e. The number of carboxylic acids is 1. The highest BCUT2D eigenvalue weighted by Crippen LogP contribution is 1.90. The Kier molecular flexibility index (Phi) is 4.94. The van der Waals surface area contributed by atoms with Crippen molar-refractivity contribution in [3.63, 3.8) is 0 Å². The molecule has 0 spiro atoms. The van der Waals surface area contributed by atoms with Crippen LogP contribution in [-0.2, 0) is 14.6 Å². The Hall–Kier alpha value is -0.620. The fourth-order valence-corrected chi connectivity index (χ4v) is 1.96. The summed E-state index contributed by atoms with van der Waals surface area (Å²) in [6.07, 6.45) is 1.16. The van der Waals surface area contributed by atoms with Crippen molar-refractivity contribution in [3.8, 4) is 0 Å². The molecule has 0 rings (SSSR count). The average Bonchev–Trinajstić information content (AvgIpc) is 1.81. The van der Waals surface area contributed by atoms with Crippen LogP contribution in [0.25, 0.3) is 0 Å². The van der Waals surface area contributed by atoms with Gasteiger partial charge in [-0.05, 0) is 6.92 Å². The normalized spacial score (nSPS) is 14.0. The van der Waals surface area contributed by atoms with Crippen LogP contribution in [0.15, 0.2) is 0 Å². The molecule has 1 unspecified atom stereocenters. The SMILES string of the molecule is CC(CS(C)(=O)=O)NCCC(=O)O. The van der Waals surface area contributed by atoms with Gasteiger partial charge in [0, 0.05) is 18.8 Å². The summed E-state index contributed by atoms with van der Waals surface area (Å²) >= 11 is 0. The second-order valence-corrected chi connectivity index (χ2v) is 5.28. The molecule has 78 valence electrons. The van der Waals surface area contributed by atoms with Crippen LogP contribution in [0, 0.1) is 0 Å². The lowest BCUT2D eigenvalue weighted by atomic mass is 10.3. The summed E-state index contributed by atoms with van der Waals surface area (Å²) in [4.78, 5) is 10.1. The van der Waals surface area contributed by atoms with Crippen molar-refractivity contribution in [2.45, 2.75) is 19.4 Å². The Labute approximate surface area is 78.1 Å². The van der Waals surface area contributed by atoms with Gasteiger partial charge in [0.2, 0.25) is 0 Å². The molecule has 0 bridgehead atoms. The minimum absolute atomic E-state index is 0.00804. The van der Waals surface area contributed by atoms with Crippen molar-refractivity contribution in [3.05, 3.63) is 0 Å². The number of carbonyl (C=O) groups is 1. The average molecular weight is 209 g/mol. The third kappa shape index (κ3) is 9.29. The third-order valence-corrected chi connectivity index (χ3v) is 2.49. The molecule has 0 aliphatic rings. The van der Waals surface area contributed by atoms with Gasteiger partial charge in [-0.2, -0.15) is 0 Å². The molecule has 0 aromatic heterocycles. The number of aliphatic carboxylic acids is 1. The van der Waals surface area contributed by atoms with Gasteiger partial charge in [0.05, 0.1) is 12.2 Å². The zero-order chi connectivity index (χ0) is 10.5. The molecule has 13 heavy (non-hydrogen) atoms. The first-order valence-electron chi connectivity index (χ1n) is 3.94. The van der Waals surface area contributed by atoms with E-state index in [-0.39, 0.29) is 18.2 Å². The predicted octanol–water partition coefficient (Wildman–Crippen LogP) is -0.516. The summed E-state index contributed by atoms with van der Waals surface area (Å²) in [7, 11) is -2.98. The summed E-state index contributed by atoms with van der Waals surface area (Å²) in [6, 6.07) is -0.200. The number of carboxylic acid groups (broad SMARTS) is 1. The maximum atomic E-state index is 10.8. The zero-order valence-corrected chi connectivity index (χ0v) is 8.60. The molecule has 0 amide bonds. The molecule has 0 aliphatic carbocycles. The van der Waals surface area contributed by atoms with Crippen molar-refractivity contribution in [2.24, 2.45) is 0 Å². The lowest BCUT2D eigenvalue weighted by Crippen LogP contribution is -2.34. The maximum absolute atomic E-state index is 10.8. The lowest BCUT2D eigenvalue weighted by molar-refractivity contribution is -0.136. The van der Waals surface area contributed by atoms with Crippen LogP contribution in [0.5, 0.6) is 0 Å². The highest BCUT2D eigenvalue weighted by atomic mass is 32.2. The van der Waals surface area contributed by atoms with Crippen LogP contribution in [0.3, 0.4) is 0 Å². The molecular weight excluding hydrogens is 194 g/mol. The van der Waals surface area contributed by atoms with Crippen LogP contribution in [0.1, 0.15) is 13.3 Å². The molecule has 0 saturated carbocycles. The Morgan fingerprint density at radius 2 is 2.08 bits per heavy atom. The van der Waals surface area contributed by atoms with Crippen LogP contribution < -0.4 is 5.32 Å². The number of nitrogens with one attached hydrogen (secondary N) is 1. The number of hydrogen-bond acceptors (Lipinski definition) is 4. The van der Waals surface area contributed by atoms with E-state index in [0.717, 1.165) is 6.26 Å². The van der Waals surface area contributed by atoms with Crippen molar-refractivity contribution in [1.82, 2.24) is 5.32 Å². The number of rotatable bonds is 6. The minimum atomic E-state index is -2.98. The molecule has 0 fully saturated rings. The Bertz CT molecular complexity index is 260. The van der Waals surface area contributed by atoms with E-state index in [4.69, 9.17) is 5.11 Å². The third-order valence-electron chi connectivity index (χ3n) is 1.38. The molecular formula is C7H15NO4S. The molecule has 0 aromatic carbocycles. The van der Waals surface area contributed by atoms with Crippen LogP contribution >= 0.6 is 0 Å². The van der Waals surface area contributed by atoms with Gasteiger partial charge in [-0.15, -0.1) is 0 Å². The second-order valence-electron chi connectivity index (χ2n) is 3.09. The smallest absolute Gasteiger partial charge is 0.304 e. The van der Waals surface area contributed by atoms with Crippen LogP contribution in [0.4, 0.5) is 0 Å². The second kappa shape index (κ2) is 5.18. The van der Waals surface area contributed by atoms with E-state index in [1.54, 1.807) is 6.92 Å². The van der Waals surface area contributed by atoms with E-state index in [2.05, 4.69) is 5.32 Å². The van der Waals surface area contributed by atoms with Gasteiger partial charge in [-0.1, -0.05) is 0 Å².